The lowest BCUT2D eigenvalue weighted by atomic mass is 9.84. The molecule has 1 amide bonds. The number of ether oxygens (including phenoxy) is 2. The predicted octanol–water partition coefficient (Wildman–Crippen LogP) is 3.61. The van der Waals surface area contributed by atoms with Crippen molar-refractivity contribution in [2.24, 2.45) is 0 Å². The smallest absolute Gasteiger partial charge is 0.410 e. The molecule has 4 rings (SSSR count). The molecule has 2 aliphatic rings. The minimum absolute atomic E-state index is 0.173. The second kappa shape index (κ2) is 6.88. The fraction of sp³-hybridized carbons (Fsp3) is 0.571. The average Bonchev–Trinajstić information content (AvgIpc) is 3.04. The summed E-state index contributed by atoms with van der Waals surface area (Å²) in [5, 5.41) is 9.69. The van der Waals surface area contributed by atoms with Gasteiger partial charge in [0.15, 0.2) is 0 Å². The van der Waals surface area contributed by atoms with Crippen LogP contribution in [0.15, 0.2) is 24.4 Å². The quantitative estimate of drug-likeness (QED) is 0.807. The molecule has 1 N–H and O–H groups in total. The molecule has 1 atom stereocenters. The van der Waals surface area contributed by atoms with Crippen LogP contribution in [0.4, 0.5) is 4.79 Å². The van der Waals surface area contributed by atoms with Gasteiger partial charge < -0.3 is 19.5 Å². The molecule has 2 aliphatic heterocycles. The van der Waals surface area contributed by atoms with Gasteiger partial charge in [-0.3, -0.25) is 4.98 Å². The number of nitrogens with zero attached hydrogens (tertiary/aromatic N) is 3. The lowest BCUT2D eigenvalue weighted by Gasteiger charge is -2.39. The zero-order valence-corrected chi connectivity index (χ0v) is 16.6. The highest BCUT2D eigenvalue weighted by Gasteiger charge is 2.44. The largest absolute Gasteiger partial charge is 0.508 e. The Bertz CT molecular complexity index is 885. The number of carbonyl (C=O) groups excluding carboxylic acids is 1. The van der Waals surface area contributed by atoms with Crippen molar-refractivity contribution in [2.75, 3.05) is 19.7 Å². The molecule has 1 spiro atoms. The topological polar surface area (TPSA) is 84.8 Å². The highest BCUT2D eigenvalue weighted by atomic mass is 16.6. The SMILES string of the molecule is CC(C)(C)OC(=O)N1CCC2(CC1)CC(c1cnc3ccc(O)cc3n1)CO2. The van der Waals surface area contributed by atoms with E-state index in [1.165, 1.54) is 0 Å². The normalized spacial score (nSPS) is 22.0. The number of hydrogen-bond donors (Lipinski definition) is 1. The molecular weight excluding hydrogens is 358 g/mol. The fourth-order valence-corrected chi connectivity index (χ4v) is 4.02. The van der Waals surface area contributed by atoms with Gasteiger partial charge in [0.05, 0.1) is 28.9 Å². The number of fused-ring (bicyclic) bond motifs is 1. The Morgan fingerprint density at radius 1 is 1.29 bits per heavy atom. The second-order valence-electron chi connectivity index (χ2n) is 8.83. The summed E-state index contributed by atoms with van der Waals surface area (Å²) in [5.74, 6) is 0.361. The van der Waals surface area contributed by atoms with Crippen molar-refractivity contribution < 1.29 is 19.4 Å². The Morgan fingerprint density at radius 3 is 2.75 bits per heavy atom. The summed E-state index contributed by atoms with van der Waals surface area (Å²) in [6.45, 7) is 7.52. The van der Waals surface area contributed by atoms with Crippen molar-refractivity contribution in [3.8, 4) is 5.75 Å². The van der Waals surface area contributed by atoms with Gasteiger partial charge in [0.2, 0.25) is 0 Å². The maximum absolute atomic E-state index is 12.3. The molecule has 2 aromatic rings. The second-order valence-corrected chi connectivity index (χ2v) is 8.83. The summed E-state index contributed by atoms with van der Waals surface area (Å²) in [7, 11) is 0. The zero-order chi connectivity index (χ0) is 19.9. The number of rotatable bonds is 1. The van der Waals surface area contributed by atoms with E-state index in [2.05, 4.69) is 4.98 Å². The van der Waals surface area contributed by atoms with Gasteiger partial charge in [-0.15, -0.1) is 0 Å². The molecule has 28 heavy (non-hydrogen) atoms. The zero-order valence-electron chi connectivity index (χ0n) is 16.6. The summed E-state index contributed by atoms with van der Waals surface area (Å²) in [6.07, 6.45) is 4.02. The third-order valence-electron chi connectivity index (χ3n) is 5.50. The molecule has 0 aliphatic carbocycles. The number of benzene rings is 1. The molecule has 0 saturated carbocycles. The molecule has 1 aromatic carbocycles. The number of aromatic hydroxyl groups is 1. The molecule has 7 heteroatoms. The van der Waals surface area contributed by atoms with Crippen molar-refractivity contribution in [3.63, 3.8) is 0 Å². The number of phenols is 1. The van der Waals surface area contributed by atoms with Crippen LogP contribution in [-0.4, -0.2) is 57.0 Å². The summed E-state index contributed by atoms with van der Waals surface area (Å²) in [6, 6.07) is 5.01. The highest BCUT2D eigenvalue weighted by Crippen LogP contribution is 2.42. The first-order valence-corrected chi connectivity index (χ1v) is 9.81. The minimum Gasteiger partial charge on any atom is -0.508 e. The van der Waals surface area contributed by atoms with Gasteiger partial charge in [0, 0.05) is 31.3 Å². The monoisotopic (exact) mass is 385 g/mol. The van der Waals surface area contributed by atoms with Gasteiger partial charge in [-0.05, 0) is 52.2 Å². The maximum Gasteiger partial charge on any atom is 0.410 e. The minimum atomic E-state index is -0.482. The van der Waals surface area contributed by atoms with Crippen molar-refractivity contribution in [3.05, 3.63) is 30.1 Å². The van der Waals surface area contributed by atoms with Gasteiger partial charge in [0.1, 0.15) is 11.4 Å². The van der Waals surface area contributed by atoms with E-state index in [-0.39, 0.29) is 23.4 Å². The lowest BCUT2D eigenvalue weighted by Crippen LogP contribution is -2.47. The van der Waals surface area contributed by atoms with Crippen LogP contribution in [0.25, 0.3) is 11.0 Å². The average molecular weight is 385 g/mol. The Balaban J connectivity index is 1.41. The van der Waals surface area contributed by atoms with Gasteiger partial charge in [0.25, 0.3) is 0 Å². The molecule has 150 valence electrons. The van der Waals surface area contributed by atoms with E-state index in [4.69, 9.17) is 14.5 Å². The molecule has 0 bridgehead atoms. The van der Waals surface area contributed by atoms with E-state index in [0.717, 1.165) is 30.5 Å². The van der Waals surface area contributed by atoms with Crippen LogP contribution in [0, 0.1) is 0 Å². The molecule has 0 radical (unpaired) electrons. The summed E-state index contributed by atoms with van der Waals surface area (Å²) >= 11 is 0. The third kappa shape index (κ3) is 3.90. The van der Waals surface area contributed by atoms with Crippen LogP contribution in [0.3, 0.4) is 0 Å². The Kier molecular flexibility index (Phi) is 4.65. The number of carbonyl (C=O) groups is 1. The first-order valence-electron chi connectivity index (χ1n) is 9.81. The first-order chi connectivity index (χ1) is 13.2. The van der Waals surface area contributed by atoms with E-state index in [1.54, 1.807) is 23.1 Å². The molecule has 2 fully saturated rings. The number of aromatic nitrogens is 2. The van der Waals surface area contributed by atoms with Crippen molar-refractivity contribution in [2.45, 2.75) is 57.2 Å². The molecule has 2 saturated heterocycles. The van der Waals surface area contributed by atoms with Crippen LogP contribution >= 0.6 is 0 Å². The van der Waals surface area contributed by atoms with Gasteiger partial charge >= 0.3 is 6.09 Å². The Morgan fingerprint density at radius 2 is 2.04 bits per heavy atom. The number of likely N-dealkylation sites (tertiary alicyclic amines) is 1. The van der Waals surface area contributed by atoms with Crippen LogP contribution in [-0.2, 0) is 9.47 Å². The van der Waals surface area contributed by atoms with E-state index < -0.39 is 5.60 Å². The first kappa shape index (κ1) is 18.9. The highest BCUT2D eigenvalue weighted by molar-refractivity contribution is 5.75. The predicted molar refractivity (Wildman–Crippen MR) is 104 cm³/mol. The Hall–Kier alpha value is -2.41. The van der Waals surface area contributed by atoms with Crippen molar-refractivity contribution >= 4 is 17.1 Å². The molecule has 1 unspecified atom stereocenters. The van der Waals surface area contributed by atoms with E-state index in [0.29, 0.717) is 25.2 Å². The standard InChI is InChI=1S/C21H27N3O4/c1-20(2,3)28-19(26)24-8-6-21(7-9-24)11-14(13-27-21)18-12-22-16-5-4-15(25)10-17(16)23-18/h4-5,10,12,14,25H,6-9,11,13H2,1-3H3. The van der Waals surface area contributed by atoms with E-state index >= 15 is 0 Å². The number of phenolic OH excluding ortho intramolecular Hbond substituents is 1. The van der Waals surface area contributed by atoms with Crippen LogP contribution in [0.1, 0.15) is 51.6 Å². The molecule has 1 aromatic heterocycles. The molecule has 3 heterocycles. The van der Waals surface area contributed by atoms with Crippen molar-refractivity contribution in [1.82, 2.24) is 14.9 Å². The van der Waals surface area contributed by atoms with Gasteiger partial charge in [-0.2, -0.15) is 0 Å². The number of hydrogen-bond acceptors (Lipinski definition) is 6. The maximum atomic E-state index is 12.3. The van der Waals surface area contributed by atoms with E-state index in [1.807, 2.05) is 27.0 Å². The van der Waals surface area contributed by atoms with Crippen molar-refractivity contribution in [1.29, 1.82) is 0 Å². The number of amides is 1. The van der Waals surface area contributed by atoms with Crippen LogP contribution in [0.2, 0.25) is 0 Å². The summed E-state index contributed by atoms with van der Waals surface area (Å²) in [4.78, 5) is 23.2. The van der Waals surface area contributed by atoms with Gasteiger partial charge in [-0.25, -0.2) is 9.78 Å². The lowest BCUT2D eigenvalue weighted by molar-refractivity contribution is -0.0485. The molecular formula is C21H27N3O4. The number of piperidine rings is 1. The van der Waals surface area contributed by atoms with Gasteiger partial charge in [-0.1, -0.05) is 0 Å². The van der Waals surface area contributed by atoms with Crippen LogP contribution in [0.5, 0.6) is 5.75 Å². The third-order valence-corrected chi connectivity index (χ3v) is 5.50. The molecule has 7 nitrogen and oxygen atoms in total. The fourth-order valence-electron chi connectivity index (χ4n) is 4.02. The summed E-state index contributed by atoms with van der Waals surface area (Å²) in [5.41, 5.74) is 1.66. The summed E-state index contributed by atoms with van der Waals surface area (Å²) < 4.78 is 11.7. The van der Waals surface area contributed by atoms with Crippen LogP contribution < -0.4 is 0 Å². The van der Waals surface area contributed by atoms with E-state index in [9.17, 15) is 9.90 Å². The Labute approximate surface area is 164 Å².